The maximum Gasteiger partial charge on any atom is 0.225 e. The second kappa shape index (κ2) is 10.1. The largest absolute Gasteiger partial charge is 0.489 e. The van der Waals surface area contributed by atoms with E-state index in [2.05, 4.69) is 29.5 Å². The number of rotatable bonds is 10. The summed E-state index contributed by atoms with van der Waals surface area (Å²) < 4.78 is 19.9. The highest BCUT2D eigenvalue weighted by atomic mass is 31.0. The molecule has 0 radical (unpaired) electrons. The number of aryl methyl sites for hydroxylation is 1. The third-order valence-electron chi connectivity index (χ3n) is 6.01. The Kier molecular flexibility index (Phi) is 7.65. The van der Waals surface area contributed by atoms with E-state index in [0.717, 1.165) is 37.1 Å². The van der Waals surface area contributed by atoms with Crippen LogP contribution >= 0.6 is 9.24 Å². The molecular formula is C23H33FN5O2P. The standard InChI is InChI=1S/C23H33FN5O2P/c1-6-18(13-30)29(5)21-9-14(2)26-22(28-21)27-17-10-16(11-17)15(3)31-19-7-8-20(25-12-19)23(4,24)32/h7-9,12-13,15-18H,6,10-11,32H2,1-5H3,(H,26,27,28)/t15-,16-,17+,18+,23?/m1/s1. The molecule has 0 bridgehead atoms. The Hall–Kier alpha value is -2.34. The second-order valence-corrected chi connectivity index (χ2v) is 9.85. The van der Waals surface area contributed by atoms with Crippen LogP contribution in [0.25, 0.3) is 0 Å². The first-order valence-corrected chi connectivity index (χ1v) is 11.6. The van der Waals surface area contributed by atoms with Gasteiger partial charge in [0.25, 0.3) is 0 Å². The van der Waals surface area contributed by atoms with Crippen molar-refractivity contribution in [1.29, 1.82) is 0 Å². The van der Waals surface area contributed by atoms with E-state index in [9.17, 15) is 9.18 Å². The highest BCUT2D eigenvalue weighted by molar-refractivity contribution is 7.18. The fourth-order valence-corrected chi connectivity index (χ4v) is 3.99. The van der Waals surface area contributed by atoms with Crippen molar-refractivity contribution in [3.05, 3.63) is 35.8 Å². The van der Waals surface area contributed by atoms with E-state index in [1.165, 1.54) is 6.92 Å². The minimum Gasteiger partial charge on any atom is -0.489 e. The Bertz CT molecular complexity index is 916. The van der Waals surface area contributed by atoms with E-state index in [1.54, 1.807) is 18.3 Å². The van der Waals surface area contributed by atoms with Crippen LogP contribution in [0.5, 0.6) is 5.75 Å². The summed E-state index contributed by atoms with van der Waals surface area (Å²) in [6.45, 7) is 7.40. The van der Waals surface area contributed by atoms with Crippen LogP contribution in [0.4, 0.5) is 16.2 Å². The minimum atomic E-state index is -1.55. The average Bonchev–Trinajstić information content (AvgIpc) is 2.70. The summed E-state index contributed by atoms with van der Waals surface area (Å²) >= 11 is 0. The molecule has 2 unspecified atom stereocenters. The van der Waals surface area contributed by atoms with Gasteiger partial charge < -0.3 is 19.7 Å². The van der Waals surface area contributed by atoms with Gasteiger partial charge >= 0.3 is 0 Å². The number of pyridine rings is 1. The molecule has 1 N–H and O–H groups in total. The van der Waals surface area contributed by atoms with Crippen molar-refractivity contribution in [3.8, 4) is 5.75 Å². The summed E-state index contributed by atoms with van der Waals surface area (Å²) in [5.74, 6) is 2.35. The number of anilines is 2. The molecule has 0 aliphatic heterocycles. The number of aldehydes is 1. The van der Waals surface area contributed by atoms with E-state index in [0.29, 0.717) is 23.3 Å². The number of ether oxygens (including phenoxy) is 1. The zero-order valence-corrected chi connectivity index (χ0v) is 20.5. The van der Waals surface area contributed by atoms with Gasteiger partial charge in [0.15, 0.2) is 5.41 Å². The summed E-state index contributed by atoms with van der Waals surface area (Å²) in [6, 6.07) is 5.36. The highest BCUT2D eigenvalue weighted by Gasteiger charge is 2.35. The number of nitrogens with one attached hydrogen (secondary N) is 1. The van der Waals surface area contributed by atoms with Gasteiger partial charge in [0.2, 0.25) is 5.95 Å². The van der Waals surface area contributed by atoms with Crippen molar-refractivity contribution in [1.82, 2.24) is 15.0 Å². The quantitative estimate of drug-likeness (QED) is 0.418. The monoisotopic (exact) mass is 461 g/mol. The van der Waals surface area contributed by atoms with Crippen LogP contribution in [0.2, 0.25) is 0 Å². The lowest BCUT2D eigenvalue weighted by Gasteiger charge is -2.39. The van der Waals surface area contributed by atoms with Crippen LogP contribution in [0.3, 0.4) is 0 Å². The Balaban J connectivity index is 1.54. The van der Waals surface area contributed by atoms with E-state index in [1.807, 2.05) is 38.8 Å². The molecule has 32 heavy (non-hydrogen) atoms. The number of halogens is 1. The van der Waals surface area contributed by atoms with Crippen LogP contribution in [0.15, 0.2) is 24.4 Å². The SMILES string of the molecule is CC[C@@H](C=O)N(C)c1cc(C)nc(N[C@H]2C[C@@H]([C@@H](C)Oc3ccc(C(C)(F)P)nc3)C2)n1. The predicted molar refractivity (Wildman–Crippen MR) is 128 cm³/mol. The van der Waals surface area contributed by atoms with Gasteiger partial charge in [-0.3, -0.25) is 4.98 Å². The van der Waals surface area contributed by atoms with E-state index >= 15 is 0 Å². The Morgan fingerprint density at radius 2 is 2.12 bits per heavy atom. The molecule has 0 aromatic carbocycles. The first-order chi connectivity index (χ1) is 15.1. The fraction of sp³-hybridized carbons (Fsp3) is 0.565. The molecule has 1 aliphatic carbocycles. The summed E-state index contributed by atoms with van der Waals surface area (Å²) in [4.78, 5) is 26.5. The number of hydrogen-bond acceptors (Lipinski definition) is 7. The number of aromatic nitrogens is 3. The number of carbonyl (C=O) groups excluding carboxylic acids is 1. The lowest BCUT2D eigenvalue weighted by molar-refractivity contribution is -0.109. The smallest absolute Gasteiger partial charge is 0.225 e. The molecule has 2 aromatic rings. The summed E-state index contributed by atoms with van der Waals surface area (Å²) in [5, 5.41) is 1.87. The third kappa shape index (κ3) is 5.91. The zero-order chi connectivity index (χ0) is 23.5. The molecule has 1 saturated carbocycles. The van der Waals surface area contributed by atoms with Crippen molar-refractivity contribution in [2.24, 2.45) is 5.92 Å². The maximum atomic E-state index is 13.9. The van der Waals surface area contributed by atoms with Crippen LogP contribution < -0.4 is 15.0 Å². The first-order valence-electron chi connectivity index (χ1n) is 11.0. The van der Waals surface area contributed by atoms with Crippen molar-refractivity contribution in [2.45, 2.75) is 70.6 Å². The predicted octanol–water partition coefficient (Wildman–Crippen LogP) is 4.27. The van der Waals surface area contributed by atoms with Gasteiger partial charge in [-0.15, -0.1) is 0 Å². The Labute approximate surface area is 191 Å². The van der Waals surface area contributed by atoms with E-state index in [-0.39, 0.29) is 18.2 Å². The molecule has 0 amide bonds. The Morgan fingerprint density at radius 1 is 1.41 bits per heavy atom. The van der Waals surface area contributed by atoms with Crippen LogP contribution in [0, 0.1) is 12.8 Å². The normalized spacial score (nSPS) is 21.6. The molecule has 0 saturated heterocycles. The van der Waals surface area contributed by atoms with Crippen LogP contribution in [-0.2, 0) is 10.2 Å². The molecule has 4 atom stereocenters. The second-order valence-electron chi connectivity index (χ2n) is 8.76. The fourth-order valence-electron chi connectivity index (χ4n) is 3.82. The molecular weight excluding hydrogens is 428 g/mol. The molecule has 1 aliphatic rings. The van der Waals surface area contributed by atoms with Gasteiger partial charge in [-0.25, -0.2) is 9.37 Å². The van der Waals surface area contributed by atoms with Crippen molar-refractivity contribution in [2.75, 3.05) is 17.3 Å². The van der Waals surface area contributed by atoms with E-state index < -0.39 is 5.41 Å². The van der Waals surface area contributed by atoms with Gasteiger partial charge in [-0.05, 0) is 58.1 Å². The van der Waals surface area contributed by atoms with Gasteiger partial charge in [0.05, 0.1) is 24.0 Å². The van der Waals surface area contributed by atoms with E-state index in [4.69, 9.17) is 4.74 Å². The highest BCUT2D eigenvalue weighted by Crippen LogP contribution is 2.35. The zero-order valence-electron chi connectivity index (χ0n) is 19.4. The molecule has 1 fully saturated rings. The summed E-state index contributed by atoms with van der Waals surface area (Å²) in [5.41, 5.74) is 1.21. The number of likely N-dealkylation sites (N-methyl/N-ethyl adjacent to an activating group) is 1. The topological polar surface area (TPSA) is 80.2 Å². The van der Waals surface area contributed by atoms with Gasteiger partial charge in [-0.1, -0.05) is 16.2 Å². The number of alkyl halides is 1. The molecule has 7 nitrogen and oxygen atoms in total. The van der Waals surface area contributed by atoms with Crippen LogP contribution in [-0.4, -0.2) is 46.5 Å². The lowest BCUT2D eigenvalue weighted by Crippen LogP contribution is -2.43. The maximum absolute atomic E-state index is 13.9. The molecule has 3 rings (SSSR count). The first kappa shape index (κ1) is 24.3. The van der Waals surface area contributed by atoms with Crippen molar-refractivity contribution < 1.29 is 13.9 Å². The van der Waals surface area contributed by atoms with Gasteiger partial charge in [-0.2, -0.15) is 4.98 Å². The van der Waals surface area contributed by atoms with Crippen molar-refractivity contribution >= 4 is 27.3 Å². The number of hydrogen-bond donors (Lipinski definition) is 1. The minimum absolute atomic E-state index is 0.0199. The van der Waals surface area contributed by atoms with Crippen molar-refractivity contribution in [3.63, 3.8) is 0 Å². The molecule has 174 valence electrons. The molecule has 2 heterocycles. The molecule has 0 spiro atoms. The average molecular weight is 462 g/mol. The summed E-state index contributed by atoms with van der Waals surface area (Å²) in [7, 11) is 4.02. The lowest BCUT2D eigenvalue weighted by atomic mass is 9.77. The molecule has 9 heteroatoms. The summed E-state index contributed by atoms with van der Waals surface area (Å²) in [6.07, 6.45) is 5.14. The third-order valence-corrected chi connectivity index (χ3v) is 6.30. The Morgan fingerprint density at radius 3 is 2.69 bits per heavy atom. The van der Waals surface area contributed by atoms with Crippen LogP contribution in [0.1, 0.15) is 51.4 Å². The number of carbonyl (C=O) groups is 1. The number of nitrogens with zero attached hydrogens (tertiary/aromatic N) is 4. The van der Waals surface area contributed by atoms with Gasteiger partial charge in [0, 0.05) is 24.8 Å². The van der Waals surface area contributed by atoms with Gasteiger partial charge in [0.1, 0.15) is 17.9 Å². The molecule has 2 aromatic heterocycles.